The molecule has 0 rings (SSSR count). The first kappa shape index (κ1) is 9.86. The van der Waals surface area contributed by atoms with Crippen molar-refractivity contribution in [3.8, 4) is 0 Å². The predicted octanol–water partition coefficient (Wildman–Crippen LogP) is -1.94. The highest BCUT2D eigenvalue weighted by molar-refractivity contribution is 5.82. The second-order valence-electron chi connectivity index (χ2n) is 2.04. The minimum absolute atomic E-state index is 0.275. The molecule has 0 fully saturated rings. The van der Waals surface area contributed by atoms with Crippen LogP contribution in [0.5, 0.6) is 0 Å². The molecular formula is C5H10N2O4. The minimum atomic E-state index is -1.43. The Morgan fingerprint density at radius 3 is 1.82 bits per heavy atom. The lowest BCUT2D eigenvalue weighted by Crippen LogP contribution is -2.45. The van der Waals surface area contributed by atoms with Crippen molar-refractivity contribution in [2.24, 2.45) is 17.4 Å². The summed E-state index contributed by atoms with van der Waals surface area (Å²) in [6.07, 6.45) is 0. The van der Waals surface area contributed by atoms with Crippen LogP contribution in [0, 0.1) is 5.92 Å². The molecule has 0 aliphatic carbocycles. The van der Waals surface area contributed by atoms with Gasteiger partial charge in [0.1, 0.15) is 6.04 Å². The Morgan fingerprint density at radius 1 is 1.27 bits per heavy atom. The number of rotatable bonds is 4. The first-order valence-electron chi connectivity index (χ1n) is 2.92. The van der Waals surface area contributed by atoms with Gasteiger partial charge in [0.25, 0.3) is 0 Å². The topological polar surface area (TPSA) is 127 Å². The fourth-order valence-corrected chi connectivity index (χ4v) is 0.573. The number of carboxylic acids is 2. The third-order valence-electron chi connectivity index (χ3n) is 1.29. The zero-order valence-corrected chi connectivity index (χ0v) is 5.73. The summed E-state index contributed by atoms with van der Waals surface area (Å²) in [5, 5.41) is 16.7. The molecule has 6 N–H and O–H groups in total. The van der Waals surface area contributed by atoms with E-state index >= 15 is 0 Å². The lowest BCUT2D eigenvalue weighted by atomic mass is 10.0. The summed E-state index contributed by atoms with van der Waals surface area (Å²) in [4.78, 5) is 20.4. The van der Waals surface area contributed by atoms with Crippen LogP contribution in [0.25, 0.3) is 0 Å². The molecule has 0 bridgehead atoms. The van der Waals surface area contributed by atoms with Gasteiger partial charge in [-0.15, -0.1) is 0 Å². The maximum absolute atomic E-state index is 10.3. The number of hydrogen-bond acceptors (Lipinski definition) is 4. The molecule has 0 aromatic carbocycles. The maximum atomic E-state index is 10.3. The van der Waals surface area contributed by atoms with Gasteiger partial charge in [0.05, 0.1) is 5.92 Å². The van der Waals surface area contributed by atoms with Gasteiger partial charge in [-0.25, -0.2) is 0 Å². The number of carbonyl (C=O) groups is 2. The highest BCUT2D eigenvalue weighted by atomic mass is 16.4. The molecule has 6 heteroatoms. The van der Waals surface area contributed by atoms with Crippen LogP contribution >= 0.6 is 0 Å². The summed E-state index contributed by atoms with van der Waals surface area (Å²) in [5.41, 5.74) is 10.0. The van der Waals surface area contributed by atoms with Gasteiger partial charge in [-0.3, -0.25) is 9.59 Å². The van der Waals surface area contributed by atoms with Gasteiger partial charge in [-0.1, -0.05) is 0 Å². The van der Waals surface area contributed by atoms with Crippen molar-refractivity contribution in [2.45, 2.75) is 6.04 Å². The Bertz CT molecular complexity index is 170. The molecule has 11 heavy (non-hydrogen) atoms. The molecular weight excluding hydrogens is 152 g/mol. The van der Waals surface area contributed by atoms with Crippen molar-refractivity contribution in [3.63, 3.8) is 0 Å². The van der Waals surface area contributed by atoms with Gasteiger partial charge in [0, 0.05) is 6.54 Å². The number of nitrogens with two attached hydrogens (primary N) is 2. The van der Waals surface area contributed by atoms with Gasteiger partial charge in [0.2, 0.25) is 0 Å². The first-order chi connectivity index (χ1) is 5.00. The summed E-state index contributed by atoms with van der Waals surface area (Å²) in [6.45, 7) is -0.275. The average molecular weight is 162 g/mol. The Labute approximate surface area is 62.8 Å². The van der Waals surface area contributed by atoms with E-state index in [9.17, 15) is 9.59 Å². The zero-order valence-electron chi connectivity index (χ0n) is 5.73. The molecule has 0 aliphatic rings. The molecule has 0 saturated carbocycles. The second kappa shape index (κ2) is 3.89. The first-order valence-corrected chi connectivity index (χ1v) is 2.92. The largest absolute Gasteiger partial charge is 0.481 e. The molecule has 2 unspecified atom stereocenters. The van der Waals surface area contributed by atoms with E-state index in [0.29, 0.717) is 0 Å². The highest BCUT2D eigenvalue weighted by Crippen LogP contribution is 1.99. The monoisotopic (exact) mass is 162 g/mol. The van der Waals surface area contributed by atoms with Crippen LogP contribution in [-0.2, 0) is 9.59 Å². The van der Waals surface area contributed by atoms with Crippen molar-refractivity contribution < 1.29 is 19.8 Å². The molecule has 6 nitrogen and oxygen atoms in total. The average Bonchev–Trinajstić information content (AvgIpc) is 1.88. The Kier molecular flexibility index (Phi) is 3.49. The molecule has 64 valence electrons. The molecule has 0 spiro atoms. The van der Waals surface area contributed by atoms with E-state index in [-0.39, 0.29) is 6.54 Å². The number of aliphatic carboxylic acids is 2. The summed E-state index contributed by atoms with van der Waals surface area (Å²) in [5.74, 6) is -3.86. The number of hydrogen-bond donors (Lipinski definition) is 4. The Balaban J connectivity index is 4.25. The normalized spacial score (nSPS) is 15.5. The third kappa shape index (κ3) is 2.52. The maximum Gasteiger partial charge on any atom is 0.321 e. The third-order valence-corrected chi connectivity index (χ3v) is 1.29. The van der Waals surface area contributed by atoms with E-state index in [1.165, 1.54) is 0 Å². The predicted molar refractivity (Wildman–Crippen MR) is 35.8 cm³/mol. The van der Waals surface area contributed by atoms with Crippen molar-refractivity contribution in [2.75, 3.05) is 6.54 Å². The molecule has 2 atom stereocenters. The second-order valence-corrected chi connectivity index (χ2v) is 2.04. The molecule has 0 aromatic rings. The fraction of sp³-hybridized carbons (Fsp3) is 0.600. The van der Waals surface area contributed by atoms with Crippen LogP contribution in [0.15, 0.2) is 0 Å². The molecule has 0 aliphatic heterocycles. The smallest absolute Gasteiger partial charge is 0.321 e. The Morgan fingerprint density at radius 2 is 1.73 bits per heavy atom. The summed E-state index contributed by atoms with van der Waals surface area (Å²) in [7, 11) is 0. The van der Waals surface area contributed by atoms with Gasteiger partial charge in [0.15, 0.2) is 0 Å². The Hall–Kier alpha value is -1.14. The lowest BCUT2D eigenvalue weighted by Gasteiger charge is -2.13. The van der Waals surface area contributed by atoms with Crippen LogP contribution in [0.1, 0.15) is 0 Å². The van der Waals surface area contributed by atoms with Gasteiger partial charge in [-0.05, 0) is 0 Å². The summed E-state index contributed by atoms with van der Waals surface area (Å²) >= 11 is 0. The van der Waals surface area contributed by atoms with Crippen LogP contribution in [0.2, 0.25) is 0 Å². The summed E-state index contributed by atoms with van der Waals surface area (Å²) < 4.78 is 0. The van der Waals surface area contributed by atoms with E-state index in [0.717, 1.165) is 0 Å². The van der Waals surface area contributed by atoms with Crippen molar-refractivity contribution in [1.29, 1.82) is 0 Å². The van der Waals surface area contributed by atoms with Crippen LogP contribution in [-0.4, -0.2) is 34.7 Å². The SMILES string of the molecule is NCC(C(=O)O)C(N)C(=O)O. The molecule has 0 aromatic heterocycles. The molecule has 0 radical (unpaired) electrons. The highest BCUT2D eigenvalue weighted by Gasteiger charge is 2.28. The fourth-order valence-electron chi connectivity index (χ4n) is 0.573. The van der Waals surface area contributed by atoms with E-state index in [1.54, 1.807) is 0 Å². The van der Waals surface area contributed by atoms with Crippen molar-refractivity contribution in [1.82, 2.24) is 0 Å². The van der Waals surface area contributed by atoms with E-state index in [1.807, 2.05) is 0 Å². The van der Waals surface area contributed by atoms with E-state index in [4.69, 9.17) is 21.7 Å². The van der Waals surface area contributed by atoms with Crippen LogP contribution in [0.4, 0.5) is 0 Å². The summed E-state index contributed by atoms with van der Waals surface area (Å²) in [6, 6.07) is -1.43. The quantitative estimate of drug-likeness (QED) is 0.381. The number of carboxylic acid groups (broad SMARTS) is 2. The molecule has 0 amide bonds. The minimum Gasteiger partial charge on any atom is -0.481 e. The van der Waals surface area contributed by atoms with Crippen LogP contribution in [0.3, 0.4) is 0 Å². The van der Waals surface area contributed by atoms with Crippen LogP contribution < -0.4 is 11.5 Å². The van der Waals surface area contributed by atoms with Crippen molar-refractivity contribution in [3.05, 3.63) is 0 Å². The van der Waals surface area contributed by atoms with Gasteiger partial charge in [-0.2, -0.15) is 0 Å². The van der Waals surface area contributed by atoms with E-state index in [2.05, 4.69) is 0 Å². The van der Waals surface area contributed by atoms with Gasteiger partial charge >= 0.3 is 11.9 Å². The molecule has 0 heterocycles. The van der Waals surface area contributed by atoms with Crippen molar-refractivity contribution >= 4 is 11.9 Å². The molecule has 0 saturated heterocycles. The lowest BCUT2D eigenvalue weighted by molar-refractivity contribution is -0.149. The van der Waals surface area contributed by atoms with Gasteiger partial charge < -0.3 is 21.7 Å². The van der Waals surface area contributed by atoms with E-state index < -0.39 is 23.9 Å². The zero-order chi connectivity index (χ0) is 9.02. The standard InChI is InChI=1S/C5H10N2O4/c6-1-2(4(8)9)3(7)5(10)11/h2-3H,1,6-7H2,(H,8,9)(H,10,11).